The first-order chi connectivity index (χ1) is 23.7. The first kappa shape index (κ1) is 43.6. The lowest BCUT2D eigenvalue weighted by molar-refractivity contribution is -0.147. The number of phenols is 1. The van der Waals surface area contributed by atoms with E-state index in [0.717, 1.165) is 0 Å². The van der Waals surface area contributed by atoms with E-state index in [1.807, 2.05) is 5.32 Å². The number of phenolic OH excluding ortho intramolecular Hbond substituents is 1. The number of hydrogen-bond donors (Lipinski definition) is 10. The number of rotatable bonds is 19. The number of nitrogens with one attached hydrogen (secondary N) is 6. The summed E-state index contributed by atoms with van der Waals surface area (Å²) >= 11 is 0. The van der Waals surface area contributed by atoms with Crippen molar-refractivity contribution in [1.29, 1.82) is 0 Å². The van der Waals surface area contributed by atoms with Crippen LogP contribution in [0.4, 0.5) is 4.79 Å². The average molecular weight is 725 g/mol. The van der Waals surface area contributed by atoms with Crippen LogP contribution in [0.2, 0.25) is 0 Å². The smallest absolute Gasteiger partial charge is 0.408 e. The van der Waals surface area contributed by atoms with Crippen LogP contribution in [0.15, 0.2) is 24.3 Å². The minimum Gasteiger partial charge on any atom is -0.508 e. The van der Waals surface area contributed by atoms with Gasteiger partial charge < -0.3 is 57.1 Å². The Balaban J connectivity index is 3.05. The Labute approximate surface area is 294 Å². The van der Waals surface area contributed by atoms with Crippen LogP contribution in [0.1, 0.15) is 59.9 Å². The second-order valence-corrected chi connectivity index (χ2v) is 12.7. The van der Waals surface area contributed by atoms with Crippen LogP contribution in [0.3, 0.4) is 0 Å². The first-order valence-electron chi connectivity index (χ1n) is 16.0. The Morgan fingerprint density at radius 2 is 1.33 bits per heavy atom. The normalized spacial score (nSPS) is 14.6. The summed E-state index contributed by atoms with van der Waals surface area (Å²) in [7, 11) is 0. The van der Waals surface area contributed by atoms with E-state index in [1.54, 1.807) is 34.6 Å². The van der Waals surface area contributed by atoms with E-state index in [0.29, 0.717) is 12.0 Å². The van der Waals surface area contributed by atoms with Gasteiger partial charge in [0, 0.05) is 6.42 Å². The summed E-state index contributed by atoms with van der Waals surface area (Å²) in [5, 5.41) is 51.4. The van der Waals surface area contributed by atoms with Gasteiger partial charge in [0.15, 0.2) is 0 Å². The number of aromatic hydroxyl groups is 1. The van der Waals surface area contributed by atoms with E-state index in [-0.39, 0.29) is 12.2 Å². The van der Waals surface area contributed by atoms with Crippen molar-refractivity contribution in [2.24, 2.45) is 5.92 Å². The second-order valence-electron chi connectivity index (χ2n) is 12.7. The Morgan fingerprint density at radius 3 is 1.84 bits per heavy atom. The predicted molar refractivity (Wildman–Crippen MR) is 178 cm³/mol. The molecule has 0 unspecified atom stereocenters. The molecule has 10 N–H and O–H groups in total. The van der Waals surface area contributed by atoms with Gasteiger partial charge in [0.25, 0.3) is 0 Å². The minimum absolute atomic E-state index is 0.0739. The molecule has 0 heterocycles. The zero-order valence-electron chi connectivity index (χ0n) is 29.3. The van der Waals surface area contributed by atoms with E-state index >= 15 is 0 Å². The molecule has 19 nitrogen and oxygen atoms in total. The molecule has 0 aromatic heterocycles. The second kappa shape index (κ2) is 20.3. The van der Waals surface area contributed by atoms with Gasteiger partial charge in [-0.15, -0.1) is 0 Å². The Kier molecular flexibility index (Phi) is 17.3. The maximum absolute atomic E-state index is 13.3. The summed E-state index contributed by atoms with van der Waals surface area (Å²) in [5.74, 6) is -8.18. The number of amides is 6. The molecule has 6 amide bonds. The zero-order chi connectivity index (χ0) is 39.1. The summed E-state index contributed by atoms with van der Waals surface area (Å²) in [6, 6.07) is -1.64. The molecule has 0 spiro atoms. The number of alkyl carbamates (subject to hydrolysis) is 1. The van der Waals surface area contributed by atoms with Crippen molar-refractivity contribution in [3.63, 3.8) is 0 Å². The van der Waals surface area contributed by atoms with Crippen LogP contribution in [0.25, 0.3) is 0 Å². The Morgan fingerprint density at radius 1 is 0.765 bits per heavy atom. The molecule has 0 saturated carbocycles. The highest BCUT2D eigenvalue weighted by atomic mass is 16.6. The fourth-order valence-electron chi connectivity index (χ4n) is 4.26. The fourth-order valence-corrected chi connectivity index (χ4v) is 4.26. The van der Waals surface area contributed by atoms with E-state index in [9.17, 15) is 48.6 Å². The summed E-state index contributed by atoms with van der Waals surface area (Å²) in [6.45, 7) is 7.95. The van der Waals surface area contributed by atoms with Crippen molar-refractivity contribution >= 4 is 47.6 Å². The van der Waals surface area contributed by atoms with Crippen molar-refractivity contribution in [2.45, 2.75) is 96.6 Å². The molecule has 0 saturated heterocycles. The highest BCUT2D eigenvalue weighted by Crippen LogP contribution is 2.13. The molecule has 1 aromatic rings. The number of aliphatic carboxylic acids is 2. The molecule has 0 bridgehead atoms. The molecule has 0 aliphatic rings. The third kappa shape index (κ3) is 16.2. The van der Waals surface area contributed by atoms with Crippen LogP contribution >= 0.6 is 0 Å². The molecule has 0 radical (unpaired) electrons. The van der Waals surface area contributed by atoms with E-state index in [1.165, 1.54) is 31.2 Å². The van der Waals surface area contributed by atoms with Crippen molar-refractivity contribution in [1.82, 2.24) is 31.9 Å². The van der Waals surface area contributed by atoms with Crippen molar-refractivity contribution < 1.29 is 63.5 Å². The summed E-state index contributed by atoms with van der Waals surface area (Å²) in [5.41, 5.74) is -0.399. The van der Waals surface area contributed by atoms with Gasteiger partial charge in [-0.2, -0.15) is 0 Å². The predicted octanol–water partition coefficient (Wildman–Crippen LogP) is -1.50. The number of ether oxygens (including phenoxy) is 1. The number of hydrogen-bond acceptors (Lipinski definition) is 11. The monoisotopic (exact) mass is 724 g/mol. The first-order valence-corrected chi connectivity index (χ1v) is 16.0. The zero-order valence-corrected chi connectivity index (χ0v) is 29.3. The number of aliphatic hydroxyl groups excluding tert-OH is 1. The maximum atomic E-state index is 13.3. The van der Waals surface area contributed by atoms with Gasteiger partial charge in [-0.05, 0) is 51.3 Å². The molecule has 0 aliphatic carbocycles. The van der Waals surface area contributed by atoms with Gasteiger partial charge >= 0.3 is 18.0 Å². The Bertz CT molecular complexity index is 1410. The number of benzene rings is 1. The van der Waals surface area contributed by atoms with Crippen molar-refractivity contribution in [3.05, 3.63) is 29.8 Å². The van der Waals surface area contributed by atoms with Crippen molar-refractivity contribution in [2.75, 3.05) is 13.2 Å². The van der Waals surface area contributed by atoms with Gasteiger partial charge in [-0.3, -0.25) is 28.8 Å². The molecule has 51 heavy (non-hydrogen) atoms. The van der Waals surface area contributed by atoms with E-state index < -0.39 is 109 Å². The number of carbonyl (C=O) groups is 8. The largest absolute Gasteiger partial charge is 0.508 e. The topological polar surface area (TPSA) is 299 Å². The van der Waals surface area contributed by atoms with Crippen LogP contribution in [-0.2, 0) is 44.7 Å². The minimum atomic E-state index is -1.76. The third-order valence-corrected chi connectivity index (χ3v) is 7.18. The molecule has 0 aliphatic heterocycles. The number of carboxylic acids is 2. The molecule has 284 valence electrons. The van der Waals surface area contributed by atoms with E-state index in [4.69, 9.17) is 14.9 Å². The highest BCUT2D eigenvalue weighted by Gasteiger charge is 2.33. The van der Waals surface area contributed by atoms with Gasteiger partial charge in [0.1, 0.15) is 41.6 Å². The van der Waals surface area contributed by atoms with E-state index in [2.05, 4.69) is 26.6 Å². The quantitative estimate of drug-likeness (QED) is 0.0778. The summed E-state index contributed by atoms with van der Waals surface area (Å²) in [4.78, 5) is 99.1. The SMILES string of the molecule is CC[C@H](C)[C@H](NC(=O)OC(C)(C)C)C(=O)N[C@@H](CO)C(=O)N[C@@H](Cc1ccc(O)cc1)C(=O)NCC(=O)N[C@@H](C)C(=O)N[C@@H](CC(=O)O)C(=O)O. The Hall–Kier alpha value is -5.46. The lowest BCUT2D eigenvalue weighted by Gasteiger charge is -2.28. The van der Waals surface area contributed by atoms with Gasteiger partial charge in [-0.1, -0.05) is 32.4 Å². The van der Waals surface area contributed by atoms with Crippen LogP contribution in [0.5, 0.6) is 5.75 Å². The van der Waals surface area contributed by atoms with Crippen LogP contribution in [-0.4, -0.2) is 117 Å². The van der Waals surface area contributed by atoms with Crippen molar-refractivity contribution in [3.8, 4) is 5.75 Å². The highest BCUT2D eigenvalue weighted by molar-refractivity contribution is 5.96. The summed E-state index contributed by atoms with van der Waals surface area (Å²) < 4.78 is 5.24. The number of carboxylic acid groups (broad SMARTS) is 2. The third-order valence-electron chi connectivity index (χ3n) is 7.18. The fraction of sp³-hybridized carbons (Fsp3) is 0.562. The molecule has 0 fully saturated rings. The molecule has 6 atom stereocenters. The number of aliphatic hydroxyl groups is 1. The number of carbonyl (C=O) groups excluding carboxylic acids is 6. The standard InChI is InChI=1S/C32H48N6O13/c1-7-16(2)25(38-31(50)51-32(4,5)6)29(47)37-22(15-39)28(46)35-20(12-18-8-10-19(40)11-9-18)27(45)33-14-23(41)34-17(3)26(44)36-21(30(48)49)13-24(42)43/h8-11,16-17,20-22,25,39-40H,7,12-15H2,1-6H3,(H,33,45)(H,34,41)(H,35,46)(H,36,44)(H,37,47)(H,38,50)(H,42,43)(H,48,49)/t16-,17-,20-,21-,22-,25-/m0/s1. The van der Waals surface area contributed by atoms with Gasteiger partial charge in [-0.25, -0.2) is 9.59 Å². The lowest BCUT2D eigenvalue weighted by atomic mass is 9.98. The lowest BCUT2D eigenvalue weighted by Crippen LogP contribution is -2.59. The molecule has 19 heteroatoms. The molecule has 1 aromatic carbocycles. The molecular weight excluding hydrogens is 676 g/mol. The summed E-state index contributed by atoms with van der Waals surface area (Å²) in [6.07, 6.45) is -1.52. The van der Waals surface area contributed by atoms with Crippen LogP contribution in [0, 0.1) is 5.92 Å². The average Bonchev–Trinajstić information content (AvgIpc) is 3.03. The van der Waals surface area contributed by atoms with Gasteiger partial charge in [0.05, 0.1) is 19.6 Å². The van der Waals surface area contributed by atoms with Gasteiger partial charge in [0.2, 0.25) is 29.5 Å². The van der Waals surface area contributed by atoms with Crippen LogP contribution < -0.4 is 31.9 Å². The maximum Gasteiger partial charge on any atom is 0.408 e. The molecular formula is C32H48N6O13. The molecule has 1 rings (SSSR count).